The Bertz CT molecular complexity index is 752. The van der Waals surface area contributed by atoms with Crippen molar-refractivity contribution in [3.63, 3.8) is 0 Å². The summed E-state index contributed by atoms with van der Waals surface area (Å²) in [4.78, 5) is 14.7. The maximum absolute atomic E-state index is 13.3. The van der Waals surface area contributed by atoms with Gasteiger partial charge in [0.2, 0.25) is 0 Å². The summed E-state index contributed by atoms with van der Waals surface area (Å²) in [5.41, 5.74) is 0.513. The molecule has 1 N–H and O–H groups in total. The molecule has 6 nitrogen and oxygen atoms in total. The molecule has 4 saturated carbocycles. The third kappa shape index (κ3) is 3.08. The number of Topliss-reactive ketones (excluding diaryl/α,β-unsaturated/α-hetero) is 1. The fraction of sp³-hybridized carbons (Fsp3) is 0.913. The Morgan fingerprint density at radius 3 is 2.66 bits per heavy atom. The second-order valence-electron chi connectivity index (χ2n) is 11.0. The molecule has 0 amide bonds. The van der Waals surface area contributed by atoms with Crippen molar-refractivity contribution in [1.29, 1.82) is 0 Å². The van der Waals surface area contributed by atoms with Crippen molar-refractivity contribution in [2.24, 2.45) is 40.4 Å². The molecule has 0 saturated heterocycles. The van der Waals surface area contributed by atoms with Gasteiger partial charge < -0.3 is 5.11 Å². The molecular weight excluding hydrogens is 364 g/mol. The molecule has 4 aliphatic rings. The Hall–Kier alpha value is -1.30. The minimum absolute atomic E-state index is 0.0828. The Morgan fingerprint density at radius 1 is 1.07 bits per heavy atom. The summed E-state index contributed by atoms with van der Waals surface area (Å²) in [5.74, 6) is 3.32. The number of hydrogen-bond acceptors (Lipinski definition) is 5. The topological polar surface area (TPSA) is 80.9 Å². The second kappa shape index (κ2) is 7.14. The number of aliphatic hydroxyl groups excluding tert-OH is 1. The van der Waals surface area contributed by atoms with E-state index in [0.29, 0.717) is 23.0 Å². The van der Waals surface area contributed by atoms with Crippen LogP contribution in [-0.2, 0) is 11.3 Å². The Kier molecular flexibility index (Phi) is 4.84. The van der Waals surface area contributed by atoms with E-state index in [4.69, 9.17) is 0 Å². The van der Waals surface area contributed by atoms with E-state index >= 15 is 0 Å². The average Bonchev–Trinajstić information content (AvgIpc) is 3.20. The molecule has 0 bridgehead atoms. The van der Waals surface area contributed by atoms with Crippen molar-refractivity contribution in [3.8, 4) is 0 Å². The first-order chi connectivity index (χ1) is 13.9. The predicted octanol–water partition coefficient (Wildman–Crippen LogP) is 3.65. The minimum Gasteiger partial charge on any atom is -0.393 e. The van der Waals surface area contributed by atoms with E-state index in [9.17, 15) is 9.90 Å². The normalized spacial score (nSPS) is 47.0. The molecule has 160 valence electrons. The van der Waals surface area contributed by atoms with Gasteiger partial charge in [-0.1, -0.05) is 20.3 Å². The van der Waals surface area contributed by atoms with Gasteiger partial charge in [0.25, 0.3) is 0 Å². The van der Waals surface area contributed by atoms with Crippen LogP contribution < -0.4 is 0 Å². The highest BCUT2D eigenvalue weighted by Gasteiger charge is 2.59. The lowest BCUT2D eigenvalue weighted by atomic mass is 9.41. The number of carbonyl (C=O) groups is 1. The zero-order chi connectivity index (χ0) is 20.2. The number of ketones is 1. The molecule has 4 aliphatic carbocycles. The van der Waals surface area contributed by atoms with Crippen molar-refractivity contribution in [2.75, 3.05) is 0 Å². The SMILES string of the molecule is C[C@]12CC[C@@H](O)C[C@@H]1CC[C@@H]1[C@@H]2CC[C@]2(C)[C@@H](C(=O)Cn3ncnn3)CCC[C@@H]12. The van der Waals surface area contributed by atoms with Gasteiger partial charge in [-0.3, -0.25) is 4.79 Å². The van der Waals surface area contributed by atoms with E-state index in [-0.39, 0.29) is 24.0 Å². The van der Waals surface area contributed by atoms with Crippen molar-refractivity contribution in [3.05, 3.63) is 6.33 Å². The van der Waals surface area contributed by atoms with E-state index in [2.05, 4.69) is 29.3 Å². The molecule has 4 fully saturated rings. The first kappa shape index (κ1) is 19.7. The van der Waals surface area contributed by atoms with Gasteiger partial charge in [0.1, 0.15) is 6.54 Å². The van der Waals surface area contributed by atoms with Crippen LogP contribution in [0, 0.1) is 40.4 Å². The summed E-state index contributed by atoms with van der Waals surface area (Å²) < 4.78 is 0. The lowest BCUT2D eigenvalue weighted by Crippen LogP contribution is -2.57. The number of rotatable bonds is 3. The molecule has 0 spiro atoms. The molecule has 0 aliphatic heterocycles. The van der Waals surface area contributed by atoms with Crippen LogP contribution in [0.3, 0.4) is 0 Å². The maximum atomic E-state index is 13.3. The van der Waals surface area contributed by atoms with Gasteiger partial charge in [-0.05, 0) is 97.5 Å². The third-order valence-electron chi connectivity index (χ3n) is 9.96. The number of fused-ring (bicyclic) bond motifs is 5. The highest BCUT2D eigenvalue weighted by Crippen LogP contribution is 2.66. The number of tetrazole rings is 1. The molecule has 1 aromatic heterocycles. The zero-order valence-electron chi connectivity index (χ0n) is 18.0. The smallest absolute Gasteiger partial charge is 0.162 e. The first-order valence-electron chi connectivity index (χ1n) is 11.8. The molecule has 0 radical (unpaired) electrons. The molecule has 0 unspecified atom stereocenters. The summed E-state index contributed by atoms with van der Waals surface area (Å²) in [6.07, 6.45) is 13.0. The van der Waals surface area contributed by atoms with Crippen molar-refractivity contribution < 1.29 is 9.90 Å². The Labute approximate surface area is 173 Å². The van der Waals surface area contributed by atoms with Crippen LogP contribution >= 0.6 is 0 Å². The number of aliphatic hydroxyl groups is 1. The number of nitrogens with zero attached hydrogens (tertiary/aromatic N) is 4. The highest BCUT2D eigenvalue weighted by atomic mass is 16.3. The third-order valence-corrected chi connectivity index (χ3v) is 9.96. The molecule has 29 heavy (non-hydrogen) atoms. The Morgan fingerprint density at radius 2 is 1.86 bits per heavy atom. The lowest BCUT2D eigenvalue weighted by molar-refractivity contribution is -0.160. The van der Waals surface area contributed by atoms with E-state index in [0.717, 1.165) is 31.1 Å². The molecular formula is C23H36N4O2. The number of carbonyl (C=O) groups excluding carboxylic acids is 1. The van der Waals surface area contributed by atoms with Gasteiger partial charge in [-0.15, -0.1) is 10.2 Å². The van der Waals surface area contributed by atoms with Crippen LogP contribution in [0.25, 0.3) is 0 Å². The van der Waals surface area contributed by atoms with Crippen LogP contribution in [0.15, 0.2) is 6.33 Å². The molecule has 0 aromatic carbocycles. The van der Waals surface area contributed by atoms with Crippen molar-refractivity contribution in [2.45, 2.75) is 90.7 Å². The summed E-state index contributed by atoms with van der Waals surface area (Å²) in [6, 6.07) is 0. The fourth-order valence-corrected chi connectivity index (χ4v) is 8.47. The molecule has 6 heteroatoms. The standard InChI is InChI=1S/C23H36N4O2/c1-22-10-8-16(28)12-15(22)6-7-17-18-4-3-5-20(23(18,2)11-9-19(17)22)21(29)13-27-25-14-24-26-27/h14-20,28H,3-13H2,1-2H3/t15-,16+,17-,18-,19-,20+,22-,23-/m0/s1. The van der Waals surface area contributed by atoms with Crippen molar-refractivity contribution >= 4 is 5.78 Å². The van der Waals surface area contributed by atoms with Crippen LogP contribution in [0.4, 0.5) is 0 Å². The summed E-state index contributed by atoms with van der Waals surface area (Å²) in [6.45, 7) is 5.22. The van der Waals surface area contributed by atoms with Crippen LogP contribution in [0.2, 0.25) is 0 Å². The van der Waals surface area contributed by atoms with E-state index in [1.807, 2.05) is 0 Å². The minimum atomic E-state index is -0.0828. The van der Waals surface area contributed by atoms with E-state index < -0.39 is 0 Å². The van der Waals surface area contributed by atoms with Crippen LogP contribution in [0.1, 0.15) is 78.1 Å². The van der Waals surface area contributed by atoms with Crippen LogP contribution in [0.5, 0.6) is 0 Å². The lowest BCUT2D eigenvalue weighted by Gasteiger charge is -2.63. The molecule has 1 aromatic rings. The second-order valence-corrected chi connectivity index (χ2v) is 11.0. The van der Waals surface area contributed by atoms with Gasteiger partial charge in [-0.25, -0.2) is 0 Å². The quantitative estimate of drug-likeness (QED) is 0.837. The van der Waals surface area contributed by atoms with Gasteiger partial charge in [0, 0.05) is 5.92 Å². The van der Waals surface area contributed by atoms with Crippen molar-refractivity contribution in [1.82, 2.24) is 20.2 Å². The monoisotopic (exact) mass is 400 g/mol. The summed E-state index contributed by atoms with van der Waals surface area (Å²) in [5, 5.41) is 22.0. The predicted molar refractivity (Wildman–Crippen MR) is 109 cm³/mol. The molecule has 5 rings (SSSR count). The molecule has 1 heterocycles. The maximum Gasteiger partial charge on any atom is 0.162 e. The number of hydrogen-bond donors (Lipinski definition) is 1. The zero-order valence-corrected chi connectivity index (χ0v) is 18.0. The van der Waals surface area contributed by atoms with E-state index in [1.165, 1.54) is 56.1 Å². The summed E-state index contributed by atoms with van der Waals surface area (Å²) in [7, 11) is 0. The van der Waals surface area contributed by atoms with Gasteiger partial charge >= 0.3 is 0 Å². The molecule has 8 atom stereocenters. The van der Waals surface area contributed by atoms with Crippen LogP contribution in [-0.4, -0.2) is 37.2 Å². The average molecular weight is 401 g/mol. The first-order valence-corrected chi connectivity index (χ1v) is 11.8. The largest absolute Gasteiger partial charge is 0.393 e. The highest BCUT2D eigenvalue weighted by molar-refractivity contribution is 5.81. The number of aromatic nitrogens is 4. The van der Waals surface area contributed by atoms with Gasteiger partial charge in [0.15, 0.2) is 12.1 Å². The Balaban J connectivity index is 1.38. The fourth-order valence-electron chi connectivity index (χ4n) is 8.47. The summed E-state index contributed by atoms with van der Waals surface area (Å²) >= 11 is 0. The van der Waals surface area contributed by atoms with Gasteiger partial charge in [-0.2, -0.15) is 4.80 Å². The van der Waals surface area contributed by atoms with E-state index in [1.54, 1.807) is 0 Å². The van der Waals surface area contributed by atoms with Gasteiger partial charge in [0.05, 0.1) is 6.10 Å².